The van der Waals surface area contributed by atoms with Crippen LogP contribution < -0.4 is 11.5 Å². The largest absolute Gasteiger partial charge is 0.507 e. The van der Waals surface area contributed by atoms with Gasteiger partial charge in [-0.2, -0.15) is 0 Å². The molecule has 0 saturated carbocycles. The number of unbranched alkanes of at least 4 members (excludes halogenated alkanes) is 1. The first kappa shape index (κ1) is 12.3. The zero-order valence-electron chi connectivity index (χ0n) is 8.98. The molecule has 5 nitrogen and oxygen atoms in total. The van der Waals surface area contributed by atoms with Gasteiger partial charge in [0, 0.05) is 11.8 Å². The number of anilines is 1. The third-order valence-electron chi connectivity index (χ3n) is 2.07. The number of carbonyl (C=O) groups is 1. The van der Waals surface area contributed by atoms with Crippen LogP contribution in [0.15, 0.2) is 18.2 Å². The summed E-state index contributed by atoms with van der Waals surface area (Å²) in [5.41, 5.74) is 11.3. The molecule has 5 heteroatoms. The van der Waals surface area contributed by atoms with Crippen LogP contribution in [0.1, 0.15) is 23.2 Å². The fraction of sp³-hybridized carbons (Fsp3) is 0.364. The normalized spacial score (nSPS) is 10.1. The van der Waals surface area contributed by atoms with Crippen molar-refractivity contribution in [3.8, 4) is 5.75 Å². The summed E-state index contributed by atoms with van der Waals surface area (Å²) < 4.78 is 4.96. The molecule has 1 aromatic rings. The first-order valence-corrected chi connectivity index (χ1v) is 5.11. The molecule has 0 unspecified atom stereocenters. The summed E-state index contributed by atoms with van der Waals surface area (Å²) in [5.74, 6) is -0.710. The Morgan fingerprint density at radius 3 is 2.75 bits per heavy atom. The molecule has 5 N–H and O–H groups in total. The highest BCUT2D eigenvalue weighted by Crippen LogP contribution is 2.20. The van der Waals surface area contributed by atoms with E-state index < -0.39 is 5.97 Å². The van der Waals surface area contributed by atoms with Crippen molar-refractivity contribution in [2.75, 3.05) is 18.9 Å². The average Bonchev–Trinajstić information content (AvgIpc) is 2.24. The maximum Gasteiger partial charge on any atom is 0.341 e. The van der Waals surface area contributed by atoms with Crippen molar-refractivity contribution in [2.45, 2.75) is 12.8 Å². The zero-order chi connectivity index (χ0) is 12.0. The predicted molar refractivity (Wildman–Crippen MR) is 61.1 cm³/mol. The first-order valence-electron chi connectivity index (χ1n) is 5.11. The Labute approximate surface area is 94.0 Å². The number of hydrogen-bond donors (Lipinski definition) is 3. The molecule has 0 aliphatic rings. The number of rotatable bonds is 5. The summed E-state index contributed by atoms with van der Waals surface area (Å²) >= 11 is 0. The van der Waals surface area contributed by atoms with Crippen LogP contribution in [0.4, 0.5) is 5.69 Å². The molecule has 0 spiro atoms. The molecule has 0 saturated heterocycles. The topological polar surface area (TPSA) is 98.6 Å². The number of esters is 1. The molecule has 0 fully saturated rings. The number of benzene rings is 1. The van der Waals surface area contributed by atoms with E-state index in [1.807, 2.05) is 0 Å². The van der Waals surface area contributed by atoms with Crippen molar-refractivity contribution >= 4 is 11.7 Å². The van der Waals surface area contributed by atoms with Gasteiger partial charge in [-0.3, -0.25) is 0 Å². The highest BCUT2D eigenvalue weighted by atomic mass is 16.5. The summed E-state index contributed by atoms with van der Waals surface area (Å²) in [4.78, 5) is 11.5. The standard InChI is InChI=1S/C11H16N2O3/c12-5-1-2-6-16-11(15)9-4-3-8(13)7-10(9)14/h3-4,7,14H,1-2,5-6,12-13H2. The number of phenols is 1. The number of ether oxygens (including phenoxy) is 1. The number of aromatic hydroxyl groups is 1. The van der Waals surface area contributed by atoms with Crippen molar-refractivity contribution in [1.29, 1.82) is 0 Å². The monoisotopic (exact) mass is 224 g/mol. The Morgan fingerprint density at radius 2 is 2.12 bits per heavy atom. The lowest BCUT2D eigenvalue weighted by atomic mass is 10.2. The van der Waals surface area contributed by atoms with Gasteiger partial charge in [0.1, 0.15) is 11.3 Å². The van der Waals surface area contributed by atoms with Crippen LogP contribution in [0, 0.1) is 0 Å². The molecular weight excluding hydrogens is 208 g/mol. The smallest absolute Gasteiger partial charge is 0.341 e. The van der Waals surface area contributed by atoms with Gasteiger partial charge in [-0.15, -0.1) is 0 Å². The second kappa shape index (κ2) is 5.97. The number of nitrogen functional groups attached to an aromatic ring is 1. The van der Waals surface area contributed by atoms with Crippen molar-refractivity contribution in [1.82, 2.24) is 0 Å². The van der Waals surface area contributed by atoms with E-state index in [1.54, 1.807) is 0 Å². The molecule has 0 aliphatic heterocycles. The summed E-state index contributed by atoms with van der Waals surface area (Å²) in [6.45, 7) is 0.879. The number of nitrogens with two attached hydrogens (primary N) is 2. The first-order chi connectivity index (χ1) is 7.65. The van der Waals surface area contributed by atoms with Crippen LogP contribution in [-0.2, 0) is 4.74 Å². The predicted octanol–water partition coefficient (Wildman–Crippen LogP) is 0.870. The third-order valence-corrected chi connectivity index (χ3v) is 2.07. The van der Waals surface area contributed by atoms with Crippen LogP contribution in [0.25, 0.3) is 0 Å². The van der Waals surface area contributed by atoms with E-state index >= 15 is 0 Å². The minimum absolute atomic E-state index is 0.127. The van der Waals surface area contributed by atoms with Gasteiger partial charge in [-0.05, 0) is 31.5 Å². The molecule has 0 heterocycles. The van der Waals surface area contributed by atoms with E-state index in [-0.39, 0.29) is 11.3 Å². The molecule has 0 amide bonds. The lowest BCUT2D eigenvalue weighted by Gasteiger charge is -2.06. The van der Waals surface area contributed by atoms with E-state index in [1.165, 1.54) is 18.2 Å². The van der Waals surface area contributed by atoms with Crippen LogP contribution >= 0.6 is 0 Å². The Balaban J connectivity index is 2.53. The SMILES string of the molecule is NCCCCOC(=O)c1ccc(N)cc1O. The molecule has 0 aliphatic carbocycles. The highest BCUT2D eigenvalue weighted by Gasteiger charge is 2.12. The lowest BCUT2D eigenvalue weighted by molar-refractivity contribution is 0.0496. The van der Waals surface area contributed by atoms with Crippen molar-refractivity contribution in [3.05, 3.63) is 23.8 Å². The fourth-order valence-electron chi connectivity index (χ4n) is 1.21. The van der Waals surface area contributed by atoms with Crippen molar-refractivity contribution < 1.29 is 14.6 Å². The van der Waals surface area contributed by atoms with E-state index in [2.05, 4.69) is 0 Å². The minimum Gasteiger partial charge on any atom is -0.507 e. The number of carbonyl (C=O) groups excluding carboxylic acids is 1. The van der Waals surface area contributed by atoms with Gasteiger partial charge in [0.25, 0.3) is 0 Å². The van der Waals surface area contributed by atoms with Crippen LogP contribution in [0.3, 0.4) is 0 Å². The highest BCUT2D eigenvalue weighted by molar-refractivity contribution is 5.92. The quantitative estimate of drug-likeness (QED) is 0.391. The second-order valence-electron chi connectivity index (χ2n) is 3.41. The Kier molecular flexibility index (Phi) is 4.60. The number of hydrogen-bond acceptors (Lipinski definition) is 5. The van der Waals surface area contributed by atoms with E-state index in [4.69, 9.17) is 16.2 Å². The zero-order valence-corrected chi connectivity index (χ0v) is 8.98. The molecular formula is C11H16N2O3. The van der Waals surface area contributed by atoms with Crippen LogP contribution in [0.2, 0.25) is 0 Å². The molecule has 16 heavy (non-hydrogen) atoms. The molecule has 0 radical (unpaired) electrons. The van der Waals surface area contributed by atoms with Crippen LogP contribution in [0.5, 0.6) is 5.75 Å². The maximum atomic E-state index is 11.5. The average molecular weight is 224 g/mol. The Bertz CT molecular complexity index is 366. The van der Waals surface area contributed by atoms with Gasteiger partial charge >= 0.3 is 5.97 Å². The molecule has 88 valence electrons. The van der Waals surface area contributed by atoms with Gasteiger partial charge < -0.3 is 21.3 Å². The number of phenolic OH excluding ortho intramolecular Hbond substituents is 1. The molecule has 0 aromatic heterocycles. The van der Waals surface area contributed by atoms with Gasteiger partial charge in [0.05, 0.1) is 6.61 Å². The second-order valence-corrected chi connectivity index (χ2v) is 3.41. The summed E-state index contributed by atoms with van der Waals surface area (Å²) in [5, 5.41) is 9.46. The molecule has 0 atom stereocenters. The van der Waals surface area contributed by atoms with Gasteiger partial charge in [-0.25, -0.2) is 4.79 Å². The van der Waals surface area contributed by atoms with E-state index in [0.29, 0.717) is 18.8 Å². The van der Waals surface area contributed by atoms with Gasteiger partial charge in [0.2, 0.25) is 0 Å². The minimum atomic E-state index is -0.547. The maximum absolute atomic E-state index is 11.5. The van der Waals surface area contributed by atoms with E-state index in [0.717, 1.165) is 12.8 Å². The molecule has 1 rings (SSSR count). The summed E-state index contributed by atoms with van der Waals surface area (Å²) in [7, 11) is 0. The Morgan fingerprint density at radius 1 is 1.38 bits per heavy atom. The summed E-state index contributed by atoms with van der Waals surface area (Å²) in [6.07, 6.45) is 1.53. The van der Waals surface area contributed by atoms with E-state index in [9.17, 15) is 9.90 Å². The van der Waals surface area contributed by atoms with Gasteiger partial charge in [0.15, 0.2) is 0 Å². The summed E-state index contributed by atoms with van der Waals surface area (Å²) in [6, 6.07) is 4.29. The Hall–Kier alpha value is -1.75. The third kappa shape index (κ3) is 3.43. The van der Waals surface area contributed by atoms with Crippen molar-refractivity contribution in [3.63, 3.8) is 0 Å². The lowest BCUT2D eigenvalue weighted by Crippen LogP contribution is -2.08. The van der Waals surface area contributed by atoms with Gasteiger partial charge in [-0.1, -0.05) is 0 Å². The fourth-order valence-corrected chi connectivity index (χ4v) is 1.21. The molecule has 1 aromatic carbocycles. The van der Waals surface area contributed by atoms with Crippen LogP contribution in [-0.4, -0.2) is 24.2 Å². The van der Waals surface area contributed by atoms with Crippen molar-refractivity contribution in [2.24, 2.45) is 5.73 Å². The molecule has 0 bridgehead atoms.